The molecular weight excluding hydrogens is 292 g/mol. The van der Waals surface area contributed by atoms with Crippen LogP contribution in [0.15, 0.2) is 60.2 Å². The molecule has 24 heavy (non-hydrogen) atoms. The molecule has 0 N–H and O–H groups in total. The van der Waals surface area contributed by atoms with Crippen LogP contribution >= 0.6 is 0 Å². The van der Waals surface area contributed by atoms with Crippen molar-refractivity contribution in [1.82, 2.24) is 9.97 Å². The summed E-state index contributed by atoms with van der Waals surface area (Å²) >= 11 is 0. The van der Waals surface area contributed by atoms with Crippen LogP contribution in [0.25, 0.3) is 27.9 Å². The molecule has 0 unspecified atom stereocenters. The number of nitrogens with zero attached hydrogens (tertiary/aromatic N) is 2. The number of hydrogen-bond donors (Lipinski definition) is 0. The highest BCUT2D eigenvalue weighted by atomic mass is 14.8. The van der Waals surface area contributed by atoms with E-state index in [1.165, 1.54) is 27.8 Å². The number of benzene rings is 2. The summed E-state index contributed by atoms with van der Waals surface area (Å²) in [7, 11) is 0. The molecule has 0 aliphatic heterocycles. The first-order valence-electron chi connectivity index (χ1n) is 8.47. The summed E-state index contributed by atoms with van der Waals surface area (Å²) < 4.78 is 0. The Morgan fingerprint density at radius 2 is 1.71 bits per heavy atom. The van der Waals surface area contributed by atoms with Crippen molar-refractivity contribution < 1.29 is 0 Å². The fraction of sp³-hybridized carbons (Fsp3) is 0.182. The lowest BCUT2D eigenvalue weighted by Crippen LogP contribution is -2.16. The molecule has 2 aliphatic carbocycles. The predicted octanol–water partition coefficient (Wildman–Crippen LogP) is 5.44. The van der Waals surface area contributed by atoms with E-state index in [1.54, 1.807) is 0 Å². The molecule has 2 heteroatoms. The van der Waals surface area contributed by atoms with Crippen molar-refractivity contribution in [2.75, 3.05) is 0 Å². The van der Waals surface area contributed by atoms with Crippen LogP contribution in [0.4, 0.5) is 0 Å². The average Bonchev–Trinajstić information content (AvgIpc) is 2.60. The van der Waals surface area contributed by atoms with E-state index in [9.17, 15) is 0 Å². The van der Waals surface area contributed by atoms with Crippen LogP contribution in [-0.2, 0) is 0 Å². The summed E-state index contributed by atoms with van der Waals surface area (Å²) in [6, 6.07) is 14.8. The number of hydrogen-bond acceptors (Lipinski definition) is 2. The van der Waals surface area contributed by atoms with Crippen LogP contribution in [0.5, 0.6) is 0 Å². The molecule has 2 aliphatic rings. The summed E-state index contributed by atoms with van der Waals surface area (Å²) in [5.74, 6) is 0.315. The molecule has 0 saturated carbocycles. The minimum atomic E-state index is 0.315. The second kappa shape index (κ2) is 4.88. The lowest BCUT2D eigenvalue weighted by Gasteiger charge is -2.31. The summed E-state index contributed by atoms with van der Waals surface area (Å²) in [4.78, 5) is 10.0. The third-order valence-corrected chi connectivity index (χ3v) is 5.10. The Hall–Kier alpha value is -2.74. The van der Waals surface area contributed by atoms with Gasteiger partial charge in [-0.15, -0.1) is 0 Å². The summed E-state index contributed by atoms with van der Waals surface area (Å²) in [6.07, 6.45) is 5.65. The van der Waals surface area contributed by atoms with Gasteiger partial charge in [0, 0.05) is 11.5 Å². The van der Waals surface area contributed by atoms with Crippen LogP contribution in [0.3, 0.4) is 0 Å². The van der Waals surface area contributed by atoms with Crippen LogP contribution in [0.2, 0.25) is 0 Å². The molecule has 3 aromatic rings. The maximum absolute atomic E-state index is 5.01. The van der Waals surface area contributed by atoms with Crippen LogP contribution in [-0.4, -0.2) is 9.97 Å². The fourth-order valence-electron chi connectivity index (χ4n) is 3.92. The third kappa shape index (κ3) is 1.89. The summed E-state index contributed by atoms with van der Waals surface area (Å²) in [5.41, 5.74) is 10.7. The first-order chi connectivity index (χ1) is 11.7. The Morgan fingerprint density at radius 3 is 2.54 bits per heavy atom. The monoisotopic (exact) mass is 310 g/mol. The lowest BCUT2D eigenvalue weighted by atomic mass is 9.75. The standard InChI is InChI=1S/C22H18N2/c1-13-7-9-15-17(11-13)18-12-14(2)8-10-16(18)22-21(15)23-19-5-3-4-6-20(19)24-22/h3-9,11-12,16H,10H2,1-2H3/t16-/m1/s1. The van der Waals surface area contributed by atoms with Gasteiger partial charge in [0.2, 0.25) is 0 Å². The average molecular weight is 310 g/mol. The molecule has 1 heterocycles. The molecule has 0 spiro atoms. The molecule has 5 rings (SSSR count). The molecule has 116 valence electrons. The van der Waals surface area contributed by atoms with E-state index in [2.05, 4.69) is 50.3 Å². The van der Waals surface area contributed by atoms with Gasteiger partial charge in [0.25, 0.3) is 0 Å². The van der Waals surface area contributed by atoms with Crippen molar-refractivity contribution in [3.8, 4) is 11.3 Å². The van der Waals surface area contributed by atoms with Crippen molar-refractivity contribution in [3.63, 3.8) is 0 Å². The van der Waals surface area contributed by atoms with E-state index >= 15 is 0 Å². The van der Waals surface area contributed by atoms with Gasteiger partial charge in [0.15, 0.2) is 0 Å². The van der Waals surface area contributed by atoms with E-state index < -0.39 is 0 Å². The Balaban J connectivity index is 1.88. The number of para-hydroxylation sites is 2. The normalized spacial score (nSPS) is 18.3. The molecule has 0 fully saturated rings. The van der Waals surface area contributed by atoms with Gasteiger partial charge in [0.1, 0.15) is 0 Å². The fourth-order valence-corrected chi connectivity index (χ4v) is 3.92. The second-order valence-corrected chi connectivity index (χ2v) is 6.83. The maximum atomic E-state index is 5.01. The Bertz CT molecular complexity index is 1060. The molecule has 0 radical (unpaired) electrons. The highest BCUT2D eigenvalue weighted by Gasteiger charge is 2.32. The summed E-state index contributed by atoms with van der Waals surface area (Å²) in [6.45, 7) is 4.34. The molecule has 0 saturated heterocycles. The zero-order chi connectivity index (χ0) is 16.3. The number of rotatable bonds is 0. The van der Waals surface area contributed by atoms with Gasteiger partial charge in [-0.1, -0.05) is 53.6 Å². The van der Waals surface area contributed by atoms with Crippen molar-refractivity contribution >= 4 is 16.6 Å². The Kier molecular flexibility index (Phi) is 2.78. The summed E-state index contributed by atoms with van der Waals surface area (Å²) in [5, 5.41) is 0. The topological polar surface area (TPSA) is 25.8 Å². The van der Waals surface area contributed by atoms with Gasteiger partial charge in [-0.3, -0.25) is 0 Å². The van der Waals surface area contributed by atoms with Crippen LogP contribution in [0, 0.1) is 6.92 Å². The van der Waals surface area contributed by atoms with Gasteiger partial charge < -0.3 is 0 Å². The minimum absolute atomic E-state index is 0.315. The number of fused-ring (bicyclic) bond motifs is 7. The van der Waals surface area contributed by atoms with Gasteiger partial charge in [0.05, 0.1) is 22.4 Å². The zero-order valence-corrected chi connectivity index (χ0v) is 13.9. The van der Waals surface area contributed by atoms with Gasteiger partial charge in [-0.2, -0.15) is 0 Å². The zero-order valence-electron chi connectivity index (χ0n) is 13.9. The molecule has 2 aromatic carbocycles. The van der Waals surface area contributed by atoms with E-state index in [1.807, 2.05) is 18.2 Å². The second-order valence-electron chi connectivity index (χ2n) is 6.83. The lowest BCUT2D eigenvalue weighted by molar-refractivity contribution is 0.821. The van der Waals surface area contributed by atoms with Gasteiger partial charge in [-0.25, -0.2) is 9.97 Å². The van der Waals surface area contributed by atoms with Crippen LogP contribution in [0.1, 0.15) is 36.1 Å². The van der Waals surface area contributed by atoms with Crippen molar-refractivity contribution in [2.45, 2.75) is 26.2 Å². The van der Waals surface area contributed by atoms with E-state index in [0.717, 1.165) is 28.8 Å². The number of allylic oxidation sites excluding steroid dienone is 4. The van der Waals surface area contributed by atoms with E-state index in [4.69, 9.17) is 9.97 Å². The smallest absolute Gasteiger partial charge is 0.0937 e. The van der Waals surface area contributed by atoms with Crippen molar-refractivity contribution in [3.05, 3.63) is 77.0 Å². The quantitative estimate of drug-likeness (QED) is 0.553. The SMILES string of the molecule is CC1=CC[C@@H]2C(=C1)c1cc(C)ccc1-c1nc3ccccc3nc12. The largest absolute Gasteiger partial charge is 0.248 e. The van der Waals surface area contributed by atoms with Crippen molar-refractivity contribution in [1.29, 1.82) is 0 Å². The predicted molar refractivity (Wildman–Crippen MR) is 98.8 cm³/mol. The molecule has 1 atom stereocenters. The first-order valence-corrected chi connectivity index (χ1v) is 8.47. The number of aryl methyl sites for hydroxylation is 1. The molecule has 0 amide bonds. The van der Waals surface area contributed by atoms with E-state index in [-0.39, 0.29) is 0 Å². The molecular formula is C22H18N2. The van der Waals surface area contributed by atoms with E-state index in [0.29, 0.717) is 5.92 Å². The highest BCUT2D eigenvalue weighted by molar-refractivity contribution is 5.92. The first kappa shape index (κ1) is 13.7. The van der Waals surface area contributed by atoms with Crippen molar-refractivity contribution in [2.24, 2.45) is 0 Å². The minimum Gasteiger partial charge on any atom is -0.248 e. The number of aromatic nitrogens is 2. The third-order valence-electron chi connectivity index (χ3n) is 5.10. The Labute approximate surface area is 141 Å². The molecule has 1 aromatic heterocycles. The maximum Gasteiger partial charge on any atom is 0.0937 e. The van der Waals surface area contributed by atoms with Gasteiger partial charge >= 0.3 is 0 Å². The van der Waals surface area contributed by atoms with Gasteiger partial charge in [-0.05, 0) is 43.5 Å². The Morgan fingerprint density at radius 1 is 0.917 bits per heavy atom. The van der Waals surface area contributed by atoms with Crippen LogP contribution < -0.4 is 0 Å². The molecule has 0 bridgehead atoms. The molecule has 2 nitrogen and oxygen atoms in total. The highest BCUT2D eigenvalue weighted by Crippen LogP contribution is 2.49.